The summed E-state index contributed by atoms with van der Waals surface area (Å²) < 4.78 is 0. The Morgan fingerprint density at radius 2 is 1.89 bits per heavy atom. The Bertz CT molecular complexity index is 413. The monoisotopic (exact) mass is 302 g/mol. The number of rotatable bonds is 5. The predicted molar refractivity (Wildman–Crippen MR) is 84.5 cm³/mol. The Hall–Kier alpha value is -0.280. The molecule has 0 spiro atoms. The molecule has 0 saturated carbocycles. The predicted octanol–water partition coefficient (Wildman–Crippen LogP) is 4.44. The van der Waals surface area contributed by atoms with Gasteiger partial charge in [0.05, 0.1) is 0 Å². The average Bonchev–Trinajstić information content (AvgIpc) is 2.30. The van der Waals surface area contributed by atoms with E-state index in [0.29, 0.717) is 16.0 Å². The van der Waals surface area contributed by atoms with Gasteiger partial charge in [-0.1, -0.05) is 57.0 Å². The zero-order valence-electron chi connectivity index (χ0n) is 12.1. The summed E-state index contributed by atoms with van der Waals surface area (Å²) in [5, 5.41) is 1.37. The quantitative estimate of drug-likeness (QED) is 0.623. The number of hydrogen-bond donors (Lipinski definition) is 2. The van der Waals surface area contributed by atoms with Crippen LogP contribution in [0.3, 0.4) is 0 Å². The molecular formula is C15H24Cl2N2. The first-order chi connectivity index (χ1) is 8.74. The molecule has 108 valence electrons. The fourth-order valence-electron chi connectivity index (χ4n) is 1.94. The van der Waals surface area contributed by atoms with Gasteiger partial charge in [-0.25, -0.2) is 0 Å². The van der Waals surface area contributed by atoms with Crippen molar-refractivity contribution < 1.29 is 0 Å². The first kappa shape index (κ1) is 16.8. The van der Waals surface area contributed by atoms with Crippen LogP contribution >= 0.6 is 23.2 Å². The molecule has 0 saturated heterocycles. The van der Waals surface area contributed by atoms with Gasteiger partial charge in [-0.05, 0) is 41.9 Å². The second-order valence-corrected chi connectivity index (χ2v) is 7.15. The van der Waals surface area contributed by atoms with Gasteiger partial charge in [0.15, 0.2) is 0 Å². The molecule has 1 aromatic rings. The Kier molecular flexibility index (Phi) is 6.13. The molecule has 1 rings (SSSR count). The Morgan fingerprint density at radius 1 is 1.26 bits per heavy atom. The second kappa shape index (κ2) is 6.94. The minimum Gasteiger partial charge on any atom is -0.271 e. The largest absolute Gasteiger partial charge is 0.271 e. The highest BCUT2D eigenvalue weighted by Crippen LogP contribution is 2.30. The van der Waals surface area contributed by atoms with Crippen LogP contribution in [0.5, 0.6) is 0 Å². The van der Waals surface area contributed by atoms with Crippen LogP contribution in [0.15, 0.2) is 18.2 Å². The van der Waals surface area contributed by atoms with E-state index in [0.717, 1.165) is 18.4 Å². The molecule has 0 heterocycles. The van der Waals surface area contributed by atoms with E-state index in [9.17, 15) is 0 Å². The lowest BCUT2D eigenvalue weighted by Crippen LogP contribution is -2.39. The van der Waals surface area contributed by atoms with E-state index in [2.05, 4.69) is 33.1 Å². The van der Waals surface area contributed by atoms with Gasteiger partial charge in [-0.15, -0.1) is 0 Å². The molecule has 0 bridgehead atoms. The fourth-order valence-corrected chi connectivity index (χ4v) is 2.43. The maximum absolute atomic E-state index is 6.20. The number of halogens is 2. The van der Waals surface area contributed by atoms with E-state index >= 15 is 0 Å². The summed E-state index contributed by atoms with van der Waals surface area (Å²) in [6.07, 6.45) is 1.83. The number of hydrogen-bond acceptors (Lipinski definition) is 2. The number of benzene rings is 1. The number of nitrogens with one attached hydrogen (secondary N) is 1. The molecule has 3 N–H and O–H groups in total. The molecule has 2 atom stereocenters. The van der Waals surface area contributed by atoms with E-state index in [-0.39, 0.29) is 11.5 Å². The summed E-state index contributed by atoms with van der Waals surface area (Å²) in [5.74, 6) is 6.24. The van der Waals surface area contributed by atoms with Gasteiger partial charge in [-0.3, -0.25) is 11.3 Å². The minimum absolute atomic E-state index is 0.216. The summed E-state index contributed by atoms with van der Waals surface area (Å²) in [6.45, 7) is 9.01. The van der Waals surface area contributed by atoms with Crippen molar-refractivity contribution in [1.82, 2.24) is 5.43 Å². The third kappa shape index (κ3) is 5.31. The van der Waals surface area contributed by atoms with Crippen LogP contribution in [-0.2, 0) is 6.42 Å². The molecule has 0 aliphatic heterocycles. The SMILES string of the molecule is CC(CC(Cc1ccc(Cl)cc1Cl)NN)C(C)(C)C. The number of hydrazine groups is 1. The summed E-state index contributed by atoms with van der Waals surface area (Å²) in [5.41, 5.74) is 4.26. The molecule has 19 heavy (non-hydrogen) atoms. The van der Waals surface area contributed by atoms with Crippen molar-refractivity contribution in [2.75, 3.05) is 0 Å². The lowest BCUT2D eigenvalue weighted by atomic mass is 9.78. The summed E-state index contributed by atoms with van der Waals surface area (Å²) >= 11 is 12.1. The maximum Gasteiger partial charge on any atom is 0.0453 e. The first-order valence-electron chi connectivity index (χ1n) is 6.64. The molecular weight excluding hydrogens is 279 g/mol. The average molecular weight is 303 g/mol. The van der Waals surface area contributed by atoms with Crippen molar-refractivity contribution in [2.24, 2.45) is 17.2 Å². The second-order valence-electron chi connectivity index (χ2n) is 6.31. The molecule has 0 aromatic heterocycles. The summed E-state index contributed by atoms with van der Waals surface area (Å²) in [7, 11) is 0. The molecule has 0 aliphatic carbocycles. The lowest BCUT2D eigenvalue weighted by molar-refractivity contribution is 0.222. The third-order valence-electron chi connectivity index (χ3n) is 3.83. The smallest absolute Gasteiger partial charge is 0.0453 e. The minimum atomic E-state index is 0.216. The van der Waals surface area contributed by atoms with Gasteiger partial charge in [0.2, 0.25) is 0 Å². The highest BCUT2D eigenvalue weighted by Gasteiger charge is 2.23. The molecule has 0 fully saturated rings. The van der Waals surface area contributed by atoms with Crippen molar-refractivity contribution in [1.29, 1.82) is 0 Å². The Labute approximate surface area is 126 Å². The molecule has 2 nitrogen and oxygen atoms in total. The van der Waals surface area contributed by atoms with E-state index in [1.54, 1.807) is 6.07 Å². The van der Waals surface area contributed by atoms with Crippen molar-refractivity contribution in [3.63, 3.8) is 0 Å². The van der Waals surface area contributed by atoms with Gasteiger partial charge in [0.1, 0.15) is 0 Å². The number of nitrogens with two attached hydrogens (primary N) is 1. The van der Waals surface area contributed by atoms with E-state index in [1.807, 2.05) is 12.1 Å². The van der Waals surface area contributed by atoms with Gasteiger partial charge >= 0.3 is 0 Å². The van der Waals surface area contributed by atoms with Crippen molar-refractivity contribution >= 4 is 23.2 Å². The van der Waals surface area contributed by atoms with E-state index in [1.165, 1.54) is 0 Å². The molecule has 0 radical (unpaired) electrons. The highest BCUT2D eigenvalue weighted by atomic mass is 35.5. The molecule has 0 amide bonds. The molecule has 4 heteroatoms. The lowest BCUT2D eigenvalue weighted by Gasteiger charge is -2.30. The van der Waals surface area contributed by atoms with Crippen LogP contribution in [0.4, 0.5) is 0 Å². The van der Waals surface area contributed by atoms with Crippen LogP contribution in [0.1, 0.15) is 39.7 Å². The Morgan fingerprint density at radius 3 is 2.37 bits per heavy atom. The summed E-state index contributed by atoms with van der Waals surface area (Å²) in [6, 6.07) is 5.83. The van der Waals surface area contributed by atoms with Gasteiger partial charge in [0.25, 0.3) is 0 Å². The van der Waals surface area contributed by atoms with Crippen LogP contribution < -0.4 is 11.3 Å². The van der Waals surface area contributed by atoms with Crippen LogP contribution in [-0.4, -0.2) is 6.04 Å². The molecule has 2 unspecified atom stereocenters. The Balaban J connectivity index is 2.72. The van der Waals surface area contributed by atoms with Crippen molar-refractivity contribution in [3.8, 4) is 0 Å². The summed E-state index contributed by atoms with van der Waals surface area (Å²) in [4.78, 5) is 0. The maximum atomic E-state index is 6.20. The van der Waals surface area contributed by atoms with Crippen LogP contribution in [0, 0.1) is 11.3 Å². The van der Waals surface area contributed by atoms with Crippen molar-refractivity contribution in [2.45, 2.75) is 46.6 Å². The van der Waals surface area contributed by atoms with Crippen LogP contribution in [0.2, 0.25) is 10.0 Å². The van der Waals surface area contributed by atoms with Crippen molar-refractivity contribution in [3.05, 3.63) is 33.8 Å². The van der Waals surface area contributed by atoms with E-state index in [4.69, 9.17) is 29.0 Å². The molecule has 1 aromatic carbocycles. The van der Waals surface area contributed by atoms with E-state index < -0.39 is 0 Å². The standard InChI is InChI=1S/C15H24Cl2N2/c1-10(15(2,3)4)7-13(19-18)8-11-5-6-12(16)9-14(11)17/h5-6,9-10,13,19H,7-8,18H2,1-4H3. The van der Waals surface area contributed by atoms with Gasteiger partial charge in [-0.2, -0.15) is 0 Å². The normalized spacial score (nSPS) is 15.3. The van der Waals surface area contributed by atoms with Crippen LogP contribution in [0.25, 0.3) is 0 Å². The first-order valence-corrected chi connectivity index (χ1v) is 7.39. The van der Waals surface area contributed by atoms with Gasteiger partial charge < -0.3 is 0 Å². The fraction of sp³-hybridized carbons (Fsp3) is 0.600. The topological polar surface area (TPSA) is 38.0 Å². The van der Waals surface area contributed by atoms with Gasteiger partial charge in [0, 0.05) is 16.1 Å². The zero-order chi connectivity index (χ0) is 14.6. The third-order valence-corrected chi connectivity index (χ3v) is 4.42. The zero-order valence-corrected chi connectivity index (χ0v) is 13.6. The molecule has 0 aliphatic rings. The highest BCUT2D eigenvalue weighted by molar-refractivity contribution is 6.35.